The summed E-state index contributed by atoms with van der Waals surface area (Å²) in [7, 11) is 1.47. The summed E-state index contributed by atoms with van der Waals surface area (Å²) >= 11 is 0. The molecule has 0 radical (unpaired) electrons. The van der Waals surface area contributed by atoms with Gasteiger partial charge in [0, 0.05) is 11.6 Å². The average molecular weight is 294 g/mol. The van der Waals surface area contributed by atoms with E-state index in [0.29, 0.717) is 17.1 Å². The van der Waals surface area contributed by atoms with Gasteiger partial charge in [-0.15, -0.1) is 0 Å². The molecule has 0 saturated heterocycles. The van der Waals surface area contributed by atoms with Crippen LogP contribution in [0.5, 0.6) is 11.5 Å². The van der Waals surface area contributed by atoms with Gasteiger partial charge >= 0.3 is 0 Å². The summed E-state index contributed by atoms with van der Waals surface area (Å²) in [4.78, 5) is 22.8. The molecule has 6 nitrogen and oxygen atoms in total. The molecule has 0 heterocycles. The predicted molar refractivity (Wildman–Crippen MR) is 79.5 cm³/mol. The number of nitrogens with two attached hydrogens (primary N) is 1. The number of primary amides is 1. The Kier molecular flexibility index (Phi) is 6.52. The van der Waals surface area contributed by atoms with Crippen molar-refractivity contribution in [2.45, 2.75) is 32.7 Å². The quantitative estimate of drug-likeness (QED) is 0.759. The van der Waals surface area contributed by atoms with Crippen LogP contribution in [0.2, 0.25) is 0 Å². The molecule has 0 unspecified atom stereocenters. The summed E-state index contributed by atoms with van der Waals surface area (Å²) in [6.45, 7) is 3.79. The maximum Gasteiger partial charge on any atom is 0.255 e. The lowest BCUT2D eigenvalue weighted by molar-refractivity contribution is -0.119. The zero-order valence-electron chi connectivity index (χ0n) is 12.6. The first-order valence-corrected chi connectivity index (χ1v) is 6.88. The molecule has 0 aromatic heterocycles. The Labute approximate surface area is 124 Å². The van der Waals surface area contributed by atoms with E-state index >= 15 is 0 Å². The summed E-state index contributed by atoms with van der Waals surface area (Å²) in [5.74, 6) is 0.00413. The number of carbonyl (C=O) groups is 2. The van der Waals surface area contributed by atoms with Crippen molar-refractivity contribution in [3.63, 3.8) is 0 Å². The molecule has 21 heavy (non-hydrogen) atoms. The van der Waals surface area contributed by atoms with E-state index in [1.165, 1.54) is 7.11 Å². The first kappa shape index (κ1) is 16.8. The Morgan fingerprint density at radius 3 is 2.62 bits per heavy atom. The Morgan fingerprint density at radius 1 is 1.33 bits per heavy atom. The molecule has 0 bridgehead atoms. The Bertz CT molecular complexity index is 502. The third kappa shape index (κ3) is 5.33. The van der Waals surface area contributed by atoms with Crippen LogP contribution in [0.15, 0.2) is 18.2 Å². The molecule has 116 valence electrons. The van der Waals surface area contributed by atoms with Crippen LogP contribution >= 0.6 is 0 Å². The predicted octanol–water partition coefficient (Wildman–Crippen LogP) is 1.48. The van der Waals surface area contributed by atoms with Crippen LogP contribution in [0.1, 0.15) is 37.0 Å². The molecule has 0 aliphatic carbocycles. The van der Waals surface area contributed by atoms with Gasteiger partial charge in [0.15, 0.2) is 18.1 Å². The standard InChI is InChI=1S/C15H22N2O4/c1-4-5-10(2)17-15(19)11-6-7-12(13(8-11)20-3)21-9-14(16)18/h6-8,10H,4-5,9H2,1-3H3,(H2,16,18)(H,17,19)/t10-/m0/s1. The largest absolute Gasteiger partial charge is 0.493 e. The van der Waals surface area contributed by atoms with Crippen LogP contribution in [-0.4, -0.2) is 31.6 Å². The molecular weight excluding hydrogens is 272 g/mol. The van der Waals surface area contributed by atoms with Crippen LogP contribution < -0.4 is 20.5 Å². The van der Waals surface area contributed by atoms with Gasteiger partial charge in [-0.05, 0) is 31.5 Å². The molecule has 3 N–H and O–H groups in total. The maximum atomic E-state index is 12.1. The van der Waals surface area contributed by atoms with Crippen molar-refractivity contribution < 1.29 is 19.1 Å². The zero-order valence-corrected chi connectivity index (χ0v) is 12.6. The minimum atomic E-state index is -0.577. The second kappa shape index (κ2) is 8.14. The number of nitrogens with one attached hydrogen (secondary N) is 1. The molecule has 1 aromatic rings. The molecule has 0 saturated carbocycles. The highest BCUT2D eigenvalue weighted by Gasteiger charge is 2.13. The van der Waals surface area contributed by atoms with E-state index in [2.05, 4.69) is 12.2 Å². The van der Waals surface area contributed by atoms with Crippen molar-refractivity contribution in [1.29, 1.82) is 0 Å². The van der Waals surface area contributed by atoms with Crippen molar-refractivity contribution in [3.8, 4) is 11.5 Å². The highest BCUT2D eigenvalue weighted by molar-refractivity contribution is 5.95. The van der Waals surface area contributed by atoms with E-state index in [9.17, 15) is 9.59 Å². The molecule has 0 aliphatic heterocycles. The van der Waals surface area contributed by atoms with E-state index < -0.39 is 5.91 Å². The van der Waals surface area contributed by atoms with Crippen molar-refractivity contribution in [1.82, 2.24) is 5.32 Å². The highest BCUT2D eigenvalue weighted by atomic mass is 16.5. The van der Waals surface area contributed by atoms with Crippen LogP contribution in [-0.2, 0) is 4.79 Å². The monoisotopic (exact) mass is 294 g/mol. The van der Waals surface area contributed by atoms with Crippen LogP contribution in [0.25, 0.3) is 0 Å². The summed E-state index contributed by atoms with van der Waals surface area (Å²) in [6, 6.07) is 4.89. The smallest absolute Gasteiger partial charge is 0.255 e. The minimum absolute atomic E-state index is 0.110. The topological polar surface area (TPSA) is 90.6 Å². The van der Waals surface area contributed by atoms with E-state index in [1.54, 1.807) is 18.2 Å². The van der Waals surface area contributed by atoms with Gasteiger partial charge in [0.2, 0.25) is 0 Å². The number of rotatable bonds is 8. The lowest BCUT2D eigenvalue weighted by Crippen LogP contribution is -2.32. The number of hydrogen-bond donors (Lipinski definition) is 2. The van der Waals surface area contributed by atoms with Gasteiger partial charge in [0.1, 0.15) is 0 Å². The van der Waals surface area contributed by atoms with Crippen molar-refractivity contribution in [2.75, 3.05) is 13.7 Å². The van der Waals surface area contributed by atoms with Crippen LogP contribution in [0, 0.1) is 0 Å². The molecule has 1 rings (SSSR count). The Balaban J connectivity index is 2.81. The number of benzene rings is 1. The third-order valence-corrected chi connectivity index (χ3v) is 2.89. The van der Waals surface area contributed by atoms with Gasteiger partial charge in [-0.25, -0.2) is 0 Å². The average Bonchev–Trinajstić information content (AvgIpc) is 2.44. The lowest BCUT2D eigenvalue weighted by atomic mass is 10.1. The summed E-state index contributed by atoms with van der Waals surface area (Å²) in [5.41, 5.74) is 5.50. The highest BCUT2D eigenvalue weighted by Crippen LogP contribution is 2.28. The number of methoxy groups -OCH3 is 1. The first-order chi connectivity index (χ1) is 9.97. The molecule has 6 heteroatoms. The Hall–Kier alpha value is -2.24. The van der Waals surface area contributed by atoms with Gasteiger partial charge in [0.05, 0.1) is 7.11 Å². The fourth-order valence-corrected chi connectivity index (χ4v) is 1.89. The molecule has 0 fully saturated rings. The normalized spacial score (nSPS) is 11.6. The van der Waals surface area contributed by atoms with E-state index in [0.717, 1.165) is 12.8 Å². The molecule has 0 aliphatic rings. The molecule has 1 atom stereocenters. The minimum Gasteiger partial charge on any atom is -0.493 e. The second-order valence-corrected chi connectivity index (χ2v) is 4.78. The summed E-state index contributed by atoms with van der Waals surface area (Å²) in [6.07, 6.45) is 1.92. The zero-order chi connectivity index (χ0) is 15.8. The van der Waals surface area contributed by atoms with Crippen LogP contribution in [0.4, 0.5) is 0 Å². The van der Waals surface area contributed by atoms with Crippen molar-refractivity contribution in [2.24, 2.45) is 5.73 Å². The fraction of sp³-hybridized carbons (Fsp3) is 0.467. The van der Waals surface area contributed by atoms with E-state index in [-0.39, 0.29) is 18.6 Å². The maximum absolute atomic E-state index is 12.1. The number of hydrogen-bond acceptors (Lipinski definition) is 4. The Morgan fingerprint density at radius 2 is 2.05 bits per heavy atom. The first-order valence-electron chi connectivity index (χ1n) is 6.88. The molecule has 0 spiro atoms. The van der Waals surface area contributed by atoms with Gasteiger partial charge in [0.25, 0.3) is 11.8 Å². The number of amides is 2. The van der Waals surface area contributed by atoms with E-state index in [4.69, 9.17) is 15.2 Å². The summed E-state index contributed by atoms with van der Waals surface area (Å²) < 4.78 is 10.4. The van der Waals surface area contributed by atoms with Gasteiger partial charge < -0.3 is 20.5 Å². The lowest BCUT2D eigenvalue weighted by Gasteiger charge is -2.14. The second-order valence-electron chi connectivity index (χ2n) is 4.78. The molecule has 2 amide bonds. The molecular formula is C15H22N2O4. The SMILES string of the molecule is CCC[C@H](C)NC(=O)c1ccc(OCC(N)=O)c(OC)c1. The number of ether oxygens (including phenoxy) is 2. The van der Waals surface area contributed by atoms with Gasteiger partial charge in [-0.3, -0.25) is 9.59 Å². The van der Waals surface area contributed by atoms with Crippen molar-refractivity contribution in [3.05, 3.63) is 23.8 Å². The van der Waals surface area contributed by atoms with Crippen molar-refractivity contribution >= 4 is 11.8 Å². The van der Waals surface area contributed by atoms with Gasteiger partial charge in [-0.2, -0.15) is 0 Å². The van der Waals surface area contributed by atoms with Crippen LogP contribution in [0.3, 0.4) is 0 Å². The summed E-state index contributed by atoms with van der Waals surface area (Å²) in [5, 5.41) is 2.91. The third-order valence-electron chi connectivity index (χ3n) is 2.89. The van der Waals surface area contributed by atoms with Gasteiger partial charge in [-0.1, -0.05) is 13.3 Å². The number of carbonyl (C=O) groups excluding carboxylic acids is 2. The molecule has 1 aromatic carbocycles. The van der Waals surface area contributed by atoms with E-state index in [1.807, 2.05) is 6.92 Å². The fourth-order valence-electron chi connectivity index (χ4n) is 1.89.